The van der Waals surface area contributed by atoms with Gasteiger partial charge in [0.1, 0.15) is 0 Å². The highest BCUT2D eigenvalue weighted by Crippen LogP contribution is 2.10. The van der Waals surface area contributed by atoms with E-state index in [9.17, 15) is 4.79 Å². The van der Waals surface area contributed by atoms with Crippen LogP contribution in [0.4, 0.5) is 0 Å². The van der Waals surface area contributed by atoms with Crippen LogP contribution in [0.15, 0.2) is 54.6 Å². The van der Waals surface area contributed by atoms with Crippen LogP contribution in [0.5, 0.6) is 0 Å². The Balaban J connectivity index is 1.49. The predicted molar refractivity (Wildman–Crippen MR) is 94.9 cm³/mol. The summed E-state index contributed by atoms with van der Waals surface area (Å²) in [5, 5.41) is 11.7. The molecule has 1 N–H and O–H groups in total. The van der Waals surface area contributed by atoms with Gasteiger partial charge in [0, 0.05) is 31.7 Å². The Bertz CT molecular complexity index is 738. The number of rotatable bonds is 5. The van der Waals surface area contributed by atoms with Crippen molar-refractivity contribution in [2.75, 3.05) is 26.2 Å². The maximum absolute atomic E-state index is 12.2. The topological polar surface area (TPSA) is 65.4 Å². The number of carbonyl (C=O) groups is 1. The summed E-state index contributed by atoms with van der Waals surface area (Å²) in [4.78, 5) is 14.5. The fraction of sp³-hybridized carbons (Fsp3) is 0.300. The standard InChI is InChI=1S/C20H21N3O2/c21-12-16-6-8-18(9-7-16)20(24)22-13-19-15-23(10-11-25-19)14-17-4-2-1-3-5-17/h1-9,19H,10-11,13-15H2,(H,22,24). The molecule has 0 spiro atoms. The van der Waals surface area contributed by atoms with Crippen molar-refractivity contribution in [1.29, 1.82) is 5.26 Å². The number of amides is 1. The molecule has 1 unspecified atom stereocenters. The number of carbonyl (C=O) groups excluding carboxylic acids is 1. The maximum Gasteiger partial charge on any atom is 0.251 e. The lowest BCUT2D eigenvalue weighted by Crippen LogP contribution is -2.47. The third-order valence-electron chi connectivity index (χ3n) is 4.24. The van der Waals surface area contributed by atoms with Crippen LogP contribution in [0, 0.1) is 11.3 Å². The van der Waals surface area contributed by atoms with Crippen molar-refractivity contribution in [3.05, 3.63) is 71.3 Å². The SMILES string of the molecule is N#Cc1ccc(C(=O)NCC2CN(Cc3ccccc3)CCO2)cc1. The quantitative estimate of drug-likeness (QED) is 0.910. The monoisotopic (exact) mass is 335 g/mol. The molecule has 1 saturated heterocycles. The van der Waals surface area contributed by atoms with E-state index in [2.05, 4.69) is 22.3 Å². The van der Waals surface area contributed by atoms with Crippen molar-refractivity contribution in [2.45, 2.75) is 12.6 Å². The molecule has 2 aromatic carbocycles. The highest BCUT2D eigenvalue weighted by Gasteiger charge is 2.21. The van der Waals surface area contributed by atoms with Crippen LogP contribution in [0.25, 0.3) is 0 Å². The Hall–Kier alpha value is -2.68. The Morgan fingerprint density at radius 3 is 2.68 bits per heavy atom. The summed E-state index contributed by atoms with van der Waals surface area (Å²) in [6, 6.07) is 19.0. The van der Waals surface area contributed by atoms with Crippen LogP contribution in [-0.4, -0.2) is 43.2 Å². The molecule has 0 aromatic heterocycles. The highest BCUT2D eigenvalue weighted by atomic mass is 16.5. The maximum atomic E-state index is 12.2. The van der Waals surface area contributed by atoms with Crippen LogP contribution in [0.3, 0.4) is 0 Å². The average molecular weight is 335 g/mol. The van der Waals surface area contributed by atoms with Crippen LogP contribution in [0.2, 0.25) is 0 Å². The number of hydrogen-bond donors (Lipinski definition) is 1. The van der Waals surface area contributed by atoms with Gasteiger partial charge in [0.2, 0.25) is 0 Å². The van der Waals surface area contributed by atoms with E-state index in [-0.39, 0.29) is 12.0 Å². The molecule has 1 aliphatic heterocycles. The van der Waals surface area contributed by atoms with Crippen molar-refractivity contribution < 1.29 is 9.53 Å². The summed E-state index contributed by atoms with van der Waals surface area (Å²) in [6.07, 6.45) is -0.0141. The first kappa shape index (κ1) is 17.2. The number of nitriles is 1. The molecule has 5 nitrogen and oxygen atoms in total. The van der Waals surface area contributed by atoms with Gasteiger partial charge in [0.05, 0.1) is 24.3 Å². The van der Waals surface area contributed by atoms with Gasteiger partial charge >= 0.3 is 0 Å². The first-order valence-corrected chi connectivity index (χ1v) is 8.41. The average Bonchev–Trinajstić information content (AvgIpc) is 2.67. The summed E-state index contributed by atoms with van der Waals surface area (Å²) >= 11 is 0. The second-order valence-corrected chi connectivity index (χ2v) is 6.11. The fourth-order valence-electron chi connectivity index (χ4n) is 2.89. The van der Waals surface area contributed by atoms with Crippen molar-refractivity contribution in [3.8, 4) is 6.07 Å². The lowest BCUT2D eigenvalue weighted by Gasteiger charge is -2.33. The number of benzene rings is 2. The van der Waals surface area contributed by atoms with E-state index in [0.29, 0.717) is 24.3 Å². The molecule has 1 fully saturated rings. The van der Waals surface area contributed by atoms with E-state index >= 15 is 0 Å². The van der Waals surface area contributed by atoms with Gasteiger partial charge in [0.25, 0.3) is 5.91 Å². The summed E-state index contributed by atoms with van der Waals surface area (Å²) in [7, 11) is 0. The number of morpholine rings is 1. The minimum Gasteiger partial charge on any atom is -0.374 e. The lowest BCUT2D eigenvalue weighted by atomic mass is 10.1. The predicted octanol–water partition coefficient (Wildman–Crippen LogP) is 2.19. The van der Waals surface area contributed by atoms with E-state index in [4.69, 9.17) is 10.00 Å². The van der Waals surface area contributed by atoms with Crippen molar-refractivity contribution in [2.24, 2.45) is 0 Å². The second-order valence-electron chi connectivity index (χ2n) is 6.11. The van der Waals surface area contributed by atoms with E-state index in [1.807, 2.05) is 24.3 Å². The van der Waals surface area contributed by atoms with Gasteiger partial charge in [-0.1, -0.05) is 30.3 Å². The van der Waals surface area contributed by atoms with Gasteiger partial charge in [-0.05, 0) is 29.8 Å². The van der Waals surface area contributed by atoms with Crippen LogP contribution in [-0.2, 0) is 11.3 Å². The zero-order valence-electron chi connectivity index (χ0n) is 14.0. The molecule has 2 aromatic rings. The number of ether oxygens (including phenoxy) is 1. The van der Waals surface area contributed by atoms with Gasteiger partial charge in [-0.15, -0.1) is 0 Å². The molecule has 5 heteroatoms. The largest absolute Gasteiger partial charge is 0.374 e. The Morgan fingerprint density at radius 1 is 1.20 bits per heavy atom. The smallest absolute Gasteiger partial charge is 0.251 e. The van der Waals surface area contributed by atoms with Crippen molar-refractivity contribution >= 4 is 5.91 Å². The Morgan fingerprint density at radius 2 is 1.96 bits per heavy atom. The van der Waals surface area contributed by atoms with Crippen LogP contribution >= 0.6 is 0 Å². The van der Waals surface area contributed by atoms with Gasteiger partial charge in [-0.3, -0.25) is 9.69 Å². The van der Waals surface area contributed by atoms with Gasteiger partial charge in [0.15, 0.2) is 0 Å². The van der Waals surface area contributed by atoms with Gasteiger partial charge in [-0.2, -0.15) is 5.26 Å². The molecule has 25 heavy (non-hydrogen) atoms. The molecule has 1 amide bonds. The van der Waals surface area contributed by atoms with E-state index in [0.717, 1.165) is 19.6 Å². The molecule has 0 bridgehead atoms. The second kappa shape index (κ2) is 8.43. The Labute approximate surface area is 147 Å². The third-order valence-corrected chi connectivity index (χ3v) is 4.24. The van der Waals surface area contributed by atoms with E-state index in [1.165, 1.54) is 5.56 Å². The molecule has 0 saturated carbocycles. The molecule has 1 aliphatic rings. The molecule has 128 valence electrons. The number of nitrogens with zero attached hydrogens (tertiary/aromatic N) is 2. The van der Waals surface area contributed by atoms with E-state index < -0.39 is 0 Å². The van der Waals surface area contributed by atoms with Crippen molar-refractivity contribution in [3.63, 3.8) is 0 Å². The van der Waals surface area contributed by atoms with Crippen LogP contribution in [0.1, 0.15) is 21.5 Å². The molecule has 0 aliphatic carbocycles. The first-order chi connectivity index (χ1) is 12.2. The highest BCUT2D eigenvalue weighted by molar-refractivity contribution is 5.94. The van der Waals surface area contributed by atoms with Gasteiger partial charge < -0.3 is 10.1 Å². The number of nitrogens with one attached hydrogen (secondary N) is 1. The zero-order chi connectivity index (χ0) is 17.5. The zero-order valence-corrected chi connectivity index (χ0v) is 14.0. The molecular weight excluding hydrogens is 314 g/mol. The minimum absolute atomic E-state index is 0.0141. The molecular formula is C20H21N3O2. The summed E-state index contributed by atoms with van der Waals surface area (Å²) < 4.78 is 5.77. The van der Waals surface area contributed by atoms with Gasteiger partial charge in [-0.25, -0.2) is 0 Å². The van der Waals surface area contributed by atoms with Crippen LogP contribution < -0.4 is 5.32 Å². The fourth-order valence-corrected chi connectivity index (χ4v) is 2.89. The molecule has 1 atom stereocenters. The lowest BCUT2D eigenvalue weighted by molar-refractivity contribution is -0.0292. The molecule has 0 radical (unpaired) electrons. The van der Waals surface area contributed by atoms with Crippen molar-refractivity contribution in [1.82, 2.24) is 10.2 Å². The Kier molecular flexibility index (Phi) is 5.78. The summed E-state index contributed by atoms with van der Waals surface area (Å²) in [6.45, 7) is 3.73. The number of hydrogen-bond acceptors (Lipinski definition) is 4. The normalized spacial score (nSPS) is 17.6. The minimum atomic E-state index is -0.145. The first-order valence-electron chi connectivity index (χ1n) is 8.41. The van der Waals surface area contributed by atoms with E-state index in [1.54, 1.807) is 24.3 Å². The molecule has 1 heterocycles. The summed E-state index contributed by atoms with van der Waals surface area (Å²) in [5.74, 6) is -0.145. The molecule has 3 rings (SSSR count). The summed E-state index contributed by atoms with van der Waals surface area (Å²) in [5.41, 5.74) is 2.38. The third kappa shape index (κ3) is 4.90.